The van der Waals surface area contributed by atoms with Crippen molar-refractivity contribution in [2.75, 3.05) is 25.0 Å². The van der Waals surface area contributed by atoms with Crippen molar-refractivity contribution in [1.29, 1.82) is 0 Å². The predicted octanol–water partition coefficient (Wildman–Crippen LogP) is 1.32. The number of sulfonamides is 1. The van der Waals surface area contributed by atoms with Gasteiger partial charge in [-0.25, -0.2) is 8.42 Å². The van der Waals surface area contributed by atoms with Crippen molar-refractivity contribution in [2.45, 2.75) is 37.6 Å². The molecule has 0 bridgehead atoms. The van der Waals surface area contributed by atoms with Gasteiger partial charge in [0.25, 0.3) is 5.69 Å². The van der Waals surface area contributed by atoms with Crippen LogP contribution in [0.3, 0.4) is 0 Å². The number of benzene rings is 1. The fraction of sp³-hybridized carbons (Fsp3) is 0.533. The summed E-state index contributed by atoms with van der Waals surface area (Å²) in [7, 11) is -3.74. The quantitative estimate of drug-likeness (QED) is 0.551. The maximum absolute atomic E-state index is 12.5. The molecular weight excluding hydrogens is 348 g/mol. The van der Waals surface area contributed by atoms with E-state index in [1.165, 1.54) is 16.4 Å². The first kappa shape index (κ1) is 19.1. The largest absolute Gasteiger partial charge is 0.371 e. The highest BCUT2D eigenvalue weighted by molar-refractivity contribution is 7.89. The van der Waals surface area contributed by atoms with E-state index in [-0.39, 0.29) is 34.8 Å². The molecule has 1 fully saturated rings. The van der Waals surface area contributed by atoms with Crippen LogP contribution in [-0.4, -0.2) is 49.2 Å². The van der Waals surface area contributed by atoms with Gasteiger partial charge >= 0.3 is 0 Å². The van der Waals surface area contributed by atoms with Gasteiger partial charge in [-0.05, 0) is 38.8 Å². The lowest BCUT2D eigenvalue weighted by molar-refractivity contribution is -0.384. The highest BCUT2D eigenvalue weighted by Crippen LogP contribution is 2.30. The SMILES string of the molecule is CC(C)NC(=O)CNc1ccc(S(=O)(=O)N2CCCC2)cc1[N+](=O)[O-]. The Morgan fingerprint density at radius 2 is 1.96 bits per heavy atom. The Morgan fingerprint density at radius 1 is 1.32 bits per heavy atom. The molecule has 0 aliphatic carbocycles. The molecule has 0 radical (unpaired) electrons. The van der Waals surface area contributed by atoms with Gasteiger partial charge in [0.2, 0.25) is 15.9 Å². The zero-order valence-corrected chi connectivity index (χ0v) is 15.0. The minimum Gasteiger partial charge on any atom is -0.371 e. The summed E-state index contributed by atoms with van der Waals surface area (Å²) in [6.07, 6.45) is 1.57. The smallest absolute Gasteiger partial charge is 0.293 e. The van der Waals surface area contributed by atoms with E-state index in [0.717, 1.165) is 18.9 Å². The molecule has 0 aromatic heterocycles. The molecule has 25 heavy (non-hydrogen) atoms. The minimum absolute atomic E-state index is 0.0442. The number of nitrogens with one attached hydrogen (secondary N) is 2. The van der Waals surface area contributed by atoms with Gasteiger partial charge in [-0.3, -0.25) is 14.9 Å². The van der Waals surface area contributed by atoms with Gasteiger partial charge in [-0.15, -0.1) is 0 Å². The van der Waals surface area contributed by atoms with E-state index in [2.05, 4.69) is 10.6 Å². The van der Waals surface area contributed by atoms with Crippen molar-refractivity contribution < 1.29 is 18.1 Å². The molecular formula is C15H22N4O5S. The van der Waals surface area contributed by atoms with E-state index in [1.54, 1.807) is 13.8 Å². The van der Waals surface area contributed by atoms with Gasteiger partial charge in [0.15, 0.2) is 0 Å². The Bertz CT molecular complexity index is 757. The molecule has 0 unspecified atom stereocenters. The van der Waals surface area contributed by atoms with E-state index >= 15 is 0 Å². The summed E-state index contributed by atoms with van der Waals surface area (Å²) in [5.74, 6) is -0.307. The maximum atomic E-state index is 12.5. The Hall–Kier alpha value is -2.20. The number of carbonyl (C=O) groups is 1. The molecule has 9 nitrogen and oxygen atoms in total. The molecule has 1 aromatic carbocycles. The molecule has 0 saturated carbocycles. The Kier molecular flexibility index (Phi) is 5.96. The molecule has 1 aliphatic rings. The summed E-state index contributed by atoms with van der Waals surface area (Å²) in [5, 5.41) is 16.6. The van der Waals surface area contributed by atoms with E-state index < -0.39 is 14.9 Å². The maximum Gasteiger partial charge on any atom is 0.293 e. The number of carbonyl (C=O) groups excluding carboxylic acids is 1. The lowest BCUT2D eigenvalue weighted by Gasteiger charge is -2.16. The topological polar surface area (TPSA) is 122 Å². The fourth-order valence-corrected chi connectivity index (χ4v) is 4.14. The normalized spacial score (nSPS) is 15.3. The van der Waals surface area contributed by atoms with Crippen molar-refractivity contribution >= 4 is 27.3 Å². The second kappa shape index (κ2) is 7.79. The number of nitrogens with zero attached hydrogens (tertiary/aromatic N) is 2. The molecule has 0 spiro atoms. The Labute approximate surface area is 146 Å². The van der Waals surface area contributed by atoms with Gasteiger partial charge in [-0.1, -0.05) is 0 Å². The first-order chi connectivity index (χ1) is 11.7. The van der Waals surface area contributed by atoms with Gasteiger partial charge in [0, 0.05) is 25.2 Å². The van der Waals surface area contributed by atoms with Crippen molar-refractivity contribution in [3.8, 4) is 0 Å². The van der Waals surface area contributed by atoms with Crippen LogP contribution in [0, 0.1) is 10.1 Å². The van der Waals surface area contributed by atoms with Crippen molar-refractivity contribution in [2.24, 2.45) is 0 Å². The van der Waals surface area contributed by atoms with Crippen LogP contribution in [0.1, 0.15) is 26.7 Å². The van der Waals surface area contributed by atoms with E-state index in [4.69, 9.17) is 0 Å². The molecule has 1 heterocycles. The third-order valence-corrected chi connectivity index (χ3v) is 5.65. The molecule has 138 valence electrons. The van der Waals surface area contributed by atoms with Crippen LogP contribution in [0.2, 0.25) is 0 Å². The standard InChI is InChI=1S/C15H22N4O5S/c1-11(2)17-15(20)10-16-13-6-5-12(9-14(13)19(21)22)25(23,24)18-7-3-4-8-18/h5-6,9,11,16H,3-4,7-8,10H2,1-2H3,(H,17,20). The lowest BCUT2D eigenvalue weighted by atomic mass is 10.2. The highest BCUT2D eigenvalue weighted by atomic mass is 32.2. The molecule has 2 N–H and O–H groups in total. The van der Waals surface area contributed by atoms with Crippen LogP contribution in [0.4, 0.5) is 11.4 Å². The van der Waals surface area contributed by atoms with E-state index in [9.17, 15) is 23.3 Å². The lowest BCUT2D eigenvalue weighted by Crippen LogP contribution is -2.34. The van der Waals surface area contributed by atoms with Gasteiger partial charge < -0.3 is 10.6 Å². The summed E-state index contributed by atoms with van der Waals surface area (Å²) >= 11 is 0. The van der Waals surface area contributed by atoms with Gasteiger partial charge in [0.1, 0.15) is 5.69 Å². The van der Waals surface area contributed by atoms with Crippen LogP contribution >= 0.6 is 0 Å². The Balaban J connectivity index is 2.23. The van der Waals surface area contributed by atoms with Crippen LogP contribution in [0.15, 0.2) is 23.1 Å². The Morgan fingerprint density at radius 3 is 2.52 bits per heavy atom. The predicted molar refractivity (Wildman–Crippen MR) is 92.9 cm³/mol. The first-order valence-corrected chi connectivity index (χ1v) is 9.47. The summed E-state index contributed by atoms with van der Waals surface area (Å²) < 4.78 is 26.4. The van der Waals surface area contributed by atoms with Gasteiger partial charge in [-0.2, -0.15) is 4.31 Å². The van der Waals surface area contributed by atoms with Crippen LogP contribution in [0.5, 0.6) is 0 Å². The molecule has 1 aliphatic heterocycles. The zero-order valence-electron chi connectivity index (χ0n) is 14.2. The molecule has 1 aromatic rings. The zero-order chi connectivity index (χ0) is 18.6. The summed E-state index contributed by atoms with van der Waals surface area (Å²) in [4.78, 5) is 22.2. The van der Waals surface area contributed by atoms with Crippen LogP contribution in [-0.2, 0) is 14.8 Å². The summed E-state index contributed by atoms with van der Waals surface area (Å²) in [5.41, 5.74) is -0.276. The third-order valence-electron chi connectivity index (χ3n) is 3.76. The summed E-state index contributed by atoms with van der Waals surface area (Å²) in [6.45, 7) is 4.31. The number of nitro groups is 1. The number of hydrogen-bond donors (Lipinski definition) is 2. The average Bonchev–Trinajstić information content (AvgIpc) is 3.07. The average molecular weight is 370 g/mol. The number of hydrogen-bond acceptors (Lipinski definition) is 6. The minimum atomic E-state index is -3.74. The third kappa shape index (κ3) is 4.67. The number of anilines is 1. The highest BCUT2D eigenvalue weighted by Gasteiger charge is 2.29. The molecule has 10 heteroatoms. The molecule has 1 amide bonds. The first-order valence-electron chi connectivity index (χ1n) is 8.03. The van der Waals surface area contributed by atoms with Crippen molar-refractivity contribution in [3.05, 3.63) is 28.3 Å². The number of rotatable bonds is 7. The van der Waals surface area contributed by atoms with Crippen molar-refractivity contribution in [1.82, 2.24) is 9.62 Å². The van der Waals surface area contributed by atoms with Crippen LogP contribution in [0.25, 0.3) is 0 Å². The number of nitro benzene ring substituents is 1. The van der Waals surface area contributed by atoms with Crippen molar-refractivity contribution in [3.63, 3.8) is 0 Å². The molecule has 0 atom stereocenters. The second-order valence-corrected chi connectivity index (χ2v) is 8.06. The van der Waals surface area contributed by atoms with Crippen LogP contribution < -0.4 is 10.6 Å². The van der Waals surface area contributed by atoms with E-state index in [1.807, 2.05) is 0 Å². The molecule has 2 rings (SSSR count). The fourth-order valence-electron chi connectivity index (χ4n) is 2.60. The number of amides is 1. The molecule has 1 saturated heterocycles. The van der Waals surface area contributed by atoms with E-state index in [0.29, 0.717) is 13.1 Å². The van der Waals surface area contributed by atoms with Gasteiger partial charge in [0.05, 0.1) is 16.4 Å². The second-order valence-electron chi connectivity index (χ2n) is 6.12. The summed E-state index contributed by atoms with van der Waals surface area (Å²) in [6, 6.07) is 3.64. The monoisotopic (exact) mass is 370 g/mol.